The second-order valence-corrected chi connectivity index (χ2v) is 6.23. The van der Waals surface area contributed by atoms with E-state index in [1.165, 1.54) is 5.56 Å². The topological polar surface area (TPSA) is 32.8 Å². The van der Waals surface area contributed by atoms with Gasteiger partial charge in [-0.3, -0.25) is 9.69 Å². The fourth-order valence-electron chi connectivity index (χ4n) is 3.08. The molecule has 0 N–H and O–H groups in total. The van der Waals surface area contributed by atoms with Gasteiger partial charge >= 0.3 is 0 Å². The van der Waals surface area contributed by atoms with Crippen LogP contribution in [0.5, 0.6) is 5.75 Å². The van der Waals surface area contributed by atoms with E-state index in [0.29, 0.717) is 0 Å². The molecule has 2 aromatic carbocycles. The predicted octanol–water partition coefficient (Wildman–Crippen LogP) is 2.96. The van der Waals surface area contributed by atoms with Gasteiger partial charge in [0, 0.05) is 38.3 Å². The molecular formula is C20H24N2O2. The second-order valence-electron chi connectivity index (χ2n) is 6.23. The van der Waals surface area contributed by atoms with Crippen molar-refractivity contribution in [2.75, 3.05) is 33.3 Å². The molecule has 24 heavy (non-hydrogen) atoms. The number of hydrogen-bond acceptors (Lipinski definition) is 3. The molecule has 1 heterocycles. The Kier molecular flexibility index (Phi) is 5.16. The smallest absolute Gasteiger partial charge is 0.254 e. The summed E-state index contributed by atoms with van der Waals surface area (Å²) in [6.45, 7) is 6.28. The van der Waals surface area contributed by atoms with E-state index in [2.05, 4.69) is 17.0 Å². The second kappa shape index (κ2) is 7.49. The Morgan fingerprint density at radius 3 is 2.29 bits per heavy atom. The maximum Gasteiger partial charge on any atom is 0.254 e. The number of piperazine rings is 1. The zero-order valence-electron chi connectivity index (χ0n) is 14.4. The summed E-state index contributed by atoms with van der Waals surface area (Å²) in [5.74, 6) is 1.03. The highest BCUT2D eigenvalue weighted by atomic mass is 16.5. The summed E-state index contributed by atoms with van der Waals surface area (Å²) >= 11 is 0. The van der Waals surface area contributed by atoms with Crippen LogP contribution in [0.4, 0.5) is 0 Å². The summed E-state index contributed by atoms with van der Waals surface area (Å²) in [6.07, 6.45) is 0. The molecule has 1 fully saturated rings. The first-order chi connectivity index (χ1) is 11.7. The van der Waals surface area contributed by atoms with Crippen molar-refractivity contribution in [2.24, 2.45) is 0 Å². The van der Waals surface area contributed by atoms with E-state index >= 15 is 0 Å². The van der Waals surface area contributed by atoms with Crippen LogP contribution in [0.1, 0.15) is 21.5 Å². The van der Waals surface area contributed by atoms with Crippen molar-refractivity contribution in [3.63, 3.8) is 0 Å². The van der Waals surface area contributed by atoms with Crippen molar-refractivity contribution in [1.82, 2.24) is 9.80 Å². The summed E-state index contributed by atoms with van der Waals surface area (Å²) in [5.41, 5.74) is 3.14. The predicted molar refractivity (Wildman–Crippen MR) is 95.4 cm³/mol. The lowest BCUT2D eigenvalue weighted by molar-refractivity contribution is 0.0627. The molecule has 4 heteroatoms. The molecule has 4 nitrogen and oxygen atoms in total. The number of benzene rings is 2. The molecule has 0 aliphatic carbocycles. The van der Waals surface area contributed by atoms with E-state index in [1.54, 1.807) is 7.11 Å². The number of rotatable bonds is 4. The SMILES string of the molecule is COc1ccc(CN2CCN(C(=O)c3ccccc3C)CC2)cc1. The van der Waals surface area contributed by atoms with Gasteiger partial charge in [0.25, 0.3) is 5.91 Å². The molecule has 3 rings (SSSR count). The number of hydrogen-bond donors (Lipinski definition) is 0. The van der Waals surface area contributed by atoms with Crippen molar-refractivity contribution < 1.29 is 9.53 Å². The van der Waals surface area contributed by atoms with Crippen LogP contribution in [0.25, 0.3) is 0 Å². The third kappa shape index (κ3) is 3.77. The van der Waals surface area contributed by atoms with E-state index in [1.807, 2.05) is 48.2 Å². The van der Waals surface area contributed by atoms with Crippen molar-refractivity contribution in [2.45, 2.75) is 13.5 Å². The highest BCUT2D eigenvalue weighted by Crippen LogP contribution is 2.16. The van der Waals surface area contributed by atoms with Crippen molar-refractivity contribution >= 4 is 5.91 Å². The van der Waals surface area contributed by atoms with E-state index in [4.69, 9.17) is 4.74 Å². The van der Waals surface area contributed by atoms with Gasteiger partial charge < -0.3 is 9.64 Å². The number of carbonyl (C=O) groups is 1. The lowest BCUT2D eigenvalue weighted by Gasteiger charge is -2.35. The number of aryl methyl sites for hydroxylation is 1. The summed E-state index contributed by atoms with van der Waals surface area (Å²) in [4.78, 5) is 17.0. The molecule has 1 aliphatic rings. The molecule has 126 valence electrons. The van der Waals surface area contributed by atoms with Gasteiger partial charge in [-0.05, 0) is 36.2 Å². The fourth-order valence-corrected chi connectivity index (χ4v) is 3.08. The van der Waals surface area contributed by atoms with Crippen LogP contribution in [-0.2, 0) is 6.54 Å². The molecule has 0 atom stereocenters. The summed E-state index contributed by atoms with van der Waals surface area (Å²) in [6, 6.07) is 16.0. The largest absolute Gasteiger partial charge is 0.497 e. The molecule has 1 aliphatic heterocycles. The van der Waals surface area contributed by atoms with Crippen molar-refractivity contribution in [3.8, 4) is 5.75 Å². The average Bonchev–Trinajstić information content (AvgIpc) is 2.63. The normalized spacial score (nSPS) is 15.3. The van der Waals surface area contributed by atoms with E-state index < -0.39 is 0 Å². The molecule has 0 radical (unpaired) electrons. The zero-order chi connectivity index (χ0) is 16.9. The molecule has 0 unspecified atom stereocenters. The Hall–Kier alpha value is -2.33. The molecule has 0 spiro atoms. The van der Waals surface area contributed by atoms with Crippen LogP contribution in [0.3, 0.4) is 0 Å². The molecule has 0 saturated carbocycles. The maximum absolute atomic E-state index is 12.6. The lowest BCUT2D eigenvalue weighted by atomic mass is 10.1. The number of carbonyl (C=O) groups excluding carboxylic acids is 1. The fraction of sp³-hybridized carbons (Fsp3) is 0.350. The van der Waals surface area contributed by atoms with Crippen molar-refractivity contribution in [3.05, 3.63) is 65.2 Å². The Morgan fingerprint density at radius 2 is 1.67 bits per heavy atom. The van der Waals surface area contributed by atoms with E-state index in [0.717, 1.165) is 49.6 Å². The monoisotopic (exact) mass is 324 g/mol. The van der Waals surface area contributed by atoms with Gasteiger partial charge in [0.2, 0.25) is 0 Å². The Bertz CT molecular complexity index is 689. The minimum atomic E-state index is 0.150. The molecule has 1 amide bonds. The highest BCUT2D eigenvalue weighted by Gasteiger charge is 2.22. The third-order valence-corrected chi connectivity index (χ3v) is 4.60. The Balaban J connectivity index is 1.55. The average molecular weight is 324 g/mol. The summed E-state index contributed by atoms with van der Waals surface area (Å²) in [5, 5.41) is 0. The number of methoxy groups -OCH3 is 1. The van der Waals surface area contributed by atoms with Gasteiger partial charge in [0.15, 0.2) is 0 Å². The van der Waals surface area contributed by atoms with Crippen LogP contribution in [0, 0.1) is 6.92 Å². The van der Waals surface area contributed by atoms with Crippen LogP contribution in [0.2, 0.25) is 0 Å². The highest BCUT2D eigenvalue weighted by molar-refractivity contribution is 5.95. The molecule has 2 aromatic rings. The first-order valence-corrected chi connectivity index (χ1v) is 8.37. The Morgan fingerprint density at radius 1 is 1.00 bits per heavy atom. The molecular weight excluding hydrogens is 300 g/mol. The maximum atomic E-state index is 12.6. The number of nitrogens with zero attached hydrogens (tertiary/aromatic N) is 2. The minimum absolute atomic E-state index is 0.150. The van der Waals surface area contributed by atoms with Crippen LogP contribution in [0.15, 0.2) is 48.5 Å². The van der Waals surface area contributed by atoms with Crippen molar-refractivity contribution in [1.29, 1.82) is 0 Å². The summed E-state index contributed by atoms with van der Waals surface area (Å²) < 4.78 is 5.19. The Labute approximate surface area is 143 Å². The van der Waals surface area contributed by atoms with Gasteiger partial charge in [0.05, 0.1) is 7.11 Å². The zero-order valence-corrected chi connectivity index (χ0v) is 14.4. The van der Waals surface area contributed by atoms with Gasteiger partial charge in [0.1, 0.15) is 5.75 Å². The number of ether oxygens (including phenoxy) is 1. The third-order valence-electron chi connectivity index (χ3n) is 4.60. The van der Waals surface area contributed by atoms with Gasteiger partial charge in [-0.15, -0.1) is 0 Å². The summed E-state index contributed by atoms with van der Waals surface area (Å²) in [7, 11) is 1.68. The standard InChI is InChI=1S/C20H24N2O2/c1-16-5-3-4-6-19(16)20(23)22-13-11-21(12-14-22)15-17-7-9-18(24-2)10-8-17/h3-10H,11-15H2,1-2H3. The van der Waals surface area contributed by atoms with Gasteiger partial charge in [-0.2, -0.15) is 0 Å². The van der Waals surface area contributed by atoms with Gasteiger partial charge in [-0.1, -0.05) is 30.3 Å². The lowest BCUT2D eigenvalue weighted by Crippen LogP contribution is -2.48. The molecule has 1 saturated heterocycles. The van der Waals surface area contributed by atoms with Crippen LogP contribution < -0.4 is 4.74 Å². The first kappa shape index (κ1) is 16.5. The molecule has 0 bridgehead atoms. The quantitative estimate of drug-likeness (QED) is 0.867. The van der Waals surface area contributed by atoms with E-state index in [9.17, 15) is 4.79 Å². The first-order valence-electron chi connectivity index (χ1n) is 8.37. The van der Waals surface area contributed by atoms with Gasteiger partial charge in [-0.25, -0.2) is 0 Å². The van der Waals surface area contributed by atoms with Crippen LogP contribution >= 0.6 is 0 Å². The molecule has 0 aromatic heterocycles. The number of amides is 1. The van der Waals surface area contributed by atoms with E-state index in [-0.39, 0.29) is 5.91 Å². The minimum Gasteiger partial charge on any atom is -0.497 e. The van der Waals surface area contributed by atoms with Crippen LogP contribution in [-0.4, -0.2) is 49.0 Å².